The van der Waals surface area contributed by atoms with Crippen molar-refractivity contribution in [1.82, 2.24) is 20.7 Å². The summed E-state index contributed by atoms with van der Waals surface area (Å²) >= 11 is 0. The average molecular weight is 637 g/mol. The number of epoxide rings is 1. The Hall–Kier alpha value is -4.12. The van der Waals surface area contributed by atoms with Crippen LogP contribution >= 0.6 is 0 Å². The molecule has 2 fully saturated rings. The largest absolute Gasteiger partial charge is 0.445 e. The molecule has 250 valence electrons. The molecule has 0 spiro atoms. The van der Waals surface area contributed by atoms with Gasteiger partial charge in [-0.15, -0.1) is 0 Å². The van der Waals surface area contributed by atoms with Crippen LogP contribution in [0.4, 0.5) is 9.59 Å². The maximum Gasteiger partial charge on any atom is 0.429 e. The van der Waals surface area contributed by atoms with Crippen molar-refractivity contribution in [2.24, 2.45) is 5.92 Å². The van der Waals surface area contributed by atoms with Crippen molar-refractivity contribution in [2.45, 2.75) is 104 Å². The molecule has 0 radical (unpaired) electrons. The minimum absolute atomic E-state index is 0.0552. The third-order valence-electron chi connectivity index (χ3n) is 7.79. The first-order chi connectivity index (χ1) is 21.5. The Balaban J connectivity index is 1.49. The Labute approximate surface area is 271 Å². The molecule has 4 amide bonds. The number of nitrogens with one attached hydrogen (secondary N) is 2. The molecule has 11 nitrogen and oxygen atoms in total. The summed E-state index contributed by atoms with van der Waals surface area (Å²) in [5.74, 6) is -0.925. The Bertz CT molecular complexity index is 1380. The number of morpholine rings is 1. The molecule has 11 heteroatoms. The number of nitrogens with zero attached hydrogens (tertiary/aromatic N) is 2. The summed E-state index contributed by atoms with van der Waals surface area (Å²) in [5.41, 5.74) is 4.11. The zero-order valence-electron chi connectivity index (χ0n) is 28.2. The molecule has 2 heterocycles. The van der Waals surface area contributed by atoms with Gasteiger partial charge in [0, 0.05) is 5.56 Å². The van der Waals surface area contributed by atoms with E-state index in [1.165, 1.54) is 4.90 Å². The van der Waals surface area contributed by atoms with Gasteiger partial charge in [0.05, 0.1) is 19.1 Å². The fourth-order valence-electron chi connectivity index (χ4n) is 5.31. The second-order valence-electron chi connectivity index (χ2n) is 14.4. The minimum atomic E-state index is -0.944. The SMILES string of the molecule is CC(C)C[C@H](NC(=O)c1ccc(C(C)(C)C)cc1)C(=O)NN(C[C@@H]1C2OC2CN1C(=O)OCc1ccccc1)C(=O)OC(C)(C)C. The van der Waals surface area contributed by atoms with E-state index in [0.717, 1.165) is 16.1 Å². The van der Waals surface area contributed by atoms with Crippen molar-refractivity contribution in [3.8, 4) is 0 Å². The number of carbonyl (C=O) groups is 4. The highest BCUT2D eigenvalue weighted by Gasteiger charge is 2.57. The molecule has 2 aliphatic heterocycles. The summed E-state index contributed by atoms with van der Waals surface area (Å²) in [6.07, 6.45) is -1.50. The highest BCUT2D eigenvalue weighted by atomic mass is 16.6. The molecule has 2 aromatic rings. The molecule has 4 rings (SSSR count). The summed E-state index contributed by atoms with van der Waals surface area (Å²) in [7, 11) is 0. The van der Waals surface area contributed by atoms with Gasteiger partial charge in [-0.3, -0.25) is 19.9 Å². The van der Waals surface area contributed by atoms with E-state index in [4.69, 9.17) is 14.2 Å². The Morgan fingerprint density at radius 2 is 1.63 bits per heavy atom. The second-order valence-corrected chi connectivity index (χ2v) is 14.4. The molecule has 2 aromatic carbocycles. The fraction of sp³-hybridized carbons (Fsp3) is 0.543. The van der Waals surface area contributed by atoms with E-state index in [1.807, 2.05) is 56.3 Å². The lowest BCUT2D eigenvalue weighted by Gasteiger charge is -2.33. The first-order valence-corrected chi connectivity index (χ1v) is 15.9. The maximum atomic E-state index is 13.7. The monoisotopic (exact) mass is 636 g/mol. The third kappa shape index (κ3) is 9.45. The Morgan fingerprint density at radius 1 is 0.978 bits per heavy atom. The number of carbonyl (C=O) groups excluding carboxylic acids is 4. The van der Waals surface area contributed by atoms with E-state index in [2.05, 4.69) is 31.5 Å². The van der Waals surface area contributed by atoms with Crippen molar-refractivity contribution in [3.63, 3.8) is 0 Å². The van der Waals surface area contributed by atoms with Gasteiger partial charge >= 0.3 is 12.2 Å². The van der Waals surface area contributed by atoms with E-state index in [9.17, 15) is 19.2 Å². The van der Waals surface area contributed by atoms with Gasteiger partial charge in [-0.2, -0.15) is 0 Å². The lowest BCUT2D eigenvalue weighted by Crippen LogP contribution is -2.59. The molecule has 2 saturated heterocycles. The van der Waals surface area contributed by atoms with Crippen molar-refractivity contribution in [2.75, 3.05) is 13.1 Å². The summed E-state index contributed by atoms with van der Waals surface area (Å²) in [4.78, 5) is 55.1. The average Bonchev–Trinajstić information content (AvgIpc) is 3.66. The zero-order chi connectivity index (χ0) is 33.8. The van der Waals surface area contributed by atoms with E-state index >= 15 is 0 Å². The van der Waals surface area contributed by atoms with Crippen molar-refractivity contribution < 1.29 is 33.4 Å². The Morgan fingerprint density at radius 3 is 2.22 bits per heavy atom. The van der Waals surface area contributed by atoms with Gasteiger partial charge in [-0.25, -0.2) is 14.6 Å². The van der Waals surface area contributed by atoms with E-state index in [0.29, 0.717) is 18.5 Å². The molecule has 0 aromatic heterocycles. The molecule has 4 atom stereocenters. The van der Waals surface area contributed by atoms with Gasteiger partial charge in [-0.05, 0) is 61.8 Å². The number of ether oxygens (including phenoxy) is 3. The predicted molar refractivity (Wildman–Crippen MR) is 173 cm³/mol. The summed E-state index contributed by atoms with van der Waals surface area (Å²) in [5, 5.41) is 3.91. The van der Waals surface area contributed by atoms with Crippen LogP contribution in [0, 0.1) is 5.92 Å². The van der Waals surface area contributed by atoms with Crippen molar-refractivity contribution >= 4 is 24.0 Å². The molecule has 2 aliphatic rings. The van der Waals surface area contributed by atoms with Crippen LogP contribution in [0.5, 0.6) is 0 Å². The number of hydrogen-bond acceptors (Lipinski definition) is 7. The van der Waals surface area contributed by atoms with Crippen molar-refractivity contribution in [1.29, 1.82) is 0 Å². The minimum Gasteiger partial charge on any atom is -0.445 e. The molecule has 0 saturated carbocycles. The lowest BCUT2D eigenvalue weighted by molar-refractivity contribution is -0.128. The summed E-state index contributed by atoms with van der Waals surface area (Å²) < 4.78 is 16.9. The van der Waals surface area contributed by atoms with Gasteiger partial charge < -0.3 is 19.5 Å². The maximum absolute atomic E-state index is 13.7. The number of hydrazine groups is 1. The quantitative estimate of drug-likeness (QED) is 0.286. The highest BCUT2D eigenvalue weighted by molar-refractivity contribution is 5.97. The molecule has 0 aliphatic carbocycles. The van der Waals surface area contributed by atoms with Crippen LogP contribution in [-0.4, -0.2) is 76.9 Å². The van der Waals surface area contributed by atoms with E-state index in [1.54, 1.807) is 32.9 Å². The number of likely N-dealkylation sites (tertiary alicyclic amines) is 1. The van der Waals surface area contributed by atoms with Gasteiger partial charge in [0.15, 0.2) is 0 Å². The molecular formula is C35H48N4O7. The predicted octanol–water partition coefficient (Wildman–Crippen LogP) is 5.19. The molecular weight excluding hydrogens is 588 g/mol. The van der Waals surface area contributed by atoms with Crippen LogP contribution in [0.2, 0.25) is 0 Å². The number of fused-ring (bicyclic) bond motifs is 1. The van der Waals surface area contributed by atoms with Crippen LogP contribution in [-0.2, 0) is 31.0 Å². The van der Waals surface area contributed by atoms with Crippen LogP contribution in [0.3, 0.4) is 0 Å². The van der Waals surface area contributed by atoms with E-state index < -0.39 is 41.7 Å². The first kappa shape index (κ1) is 34.7. The standard InChI is InChI=1S/C35H48N4O7/c1-22(2)18-26(36-30(40)24-14-16-25(17-15-24)34(3,4)5)31(41)37-39(33(43)46-35(6,7)8)19-27-29-28(45-29)20-38(27)32(42)44-21-23-12-10-9-11-13-23/h9-17,22,26-29H,18-21H2,1-8H3,(H,36,40)(H,37,41)/t26-,27+,28?,29?/m0/s1. The fourth-order valence-corrected chi connectivity index (χ4v) is 5.31. The van der Waals surface area contributed by atoms with Gasteiger partial charge in [0.2, 0.25) is 0 Å². The summed E-state index contributed by atoms with van der Waals surface area (Å²) in [6.45, 7) is 15.6. The zero-order valence-corrected chi connectivity index (χ0v) is 28.2. The van der Waals surface area contributed by atoms with Crippen LogP contribution in [0.25, 0.3) is 0 Å². The highest BCUT2D eigenvalue weighted by Crippen LogP contribution is 2.37. The number of benzene rings is 2. The van der Waals surface area contributed by atoms with Gasteiger partial charge in [0.1, 0.15) is 30.5 Å². The van der Waals surface area contributed by atoms with Gasteiger partial charge in [-0.1, -0.05) is 77.1 Å². The smallest absolute Gasteiger partial charge is 0.429 e. The van der Waals surface area contributed by atoms with Crippen molar-refractivity contribution in [3.05, 3.63) is 71.3 Å². The van der Waals surface area contributed by atoms with Crippen LogP contribution < -0.4 is 10.7 Å². The molecule has 0 bridgehead atoms. The Kier molecular flexibility index (Phi) is 10.7. The third-order valence-corrected chi connectivity index (χ3v) is 7.79. The normalized spacial score (nSPS) is 19.6. The summed E-state index contributed by atoms with van der Waals surface area (Å²) in [6, 6.07) is 15.1. The second kappa shape index (κ2) is 14.1. The molecule has 2 N–H and O–H groups in total. The van der Waals surface area contributed by atoms with Crippen LogP contribution in [0.15, 0.2) is 54.6 Å². The molecule has 2 unspecified atom stereocenters. The number of amides is 4. The van der Waals surface area contributed by atoms with E-state index in [-0.39, 0.29) is 36.7 Å². The molecule has 46 heavy (non-hydrogen) atoms. The van der Waals surface area contributed by atoms with Gasteiger partial charge in [0.25, 0.3) is 11.8 Å². The van der Waals surface area contributed by atoms with Crippen LogP contribution in [0.1, 0.15) is 83.3 Å². The number of hydrogen-bond donors (Lipinski definition) is 2. The topological polar surface area (TPSA) is 130 Å². The lowest BCUT2D eigenvalue weighted by atomic mass is 9.86. The first-order valence-electron chi connectivity index (χ1n) is 15.9. The number of rotatable bonds is 9.